The summed E-state index contributed by atoms with van der Waals surface area (Å²) in [6.45, 7) is 1.72. The Morgan fingerprint density at radius 2 is 1.94 bits per heavy atom. The van der Waals surface area contributed by atoms with Crippen LogP contribution in [0.4, 0.5) is 5.69 Å². The number of nitrogens with zero attached hydrogens (tertiary/aromatic N) is 1. The lowest BCUT2D eigenvalue weighted by atomic mass is 9.73. The van der Waals surface area contributed by atoms with Crippen molar-refractivity contribution < 1.29 is 24.0 Å². The number of rotatable bonds is 5. The molecule has 2 aliphatic rings. The molecule has 0 saturated carbocycles. The number of carbonyl (C=O) groups excluding carboxylic acids is 2. The van der Waals surface area contributed by atoms with Crippen molar-refractivity contribution in [1.82, 2.24) is 0 Å². The molecule has 2 aromatic carbocycles. The van der Waals surface area contributed by atoms with Crippen LogP contribution in [0.15, 0.2) is 71.3 Å². The molecule has 1 aliphatic carbocycles. The molecule has 4 rings (SSSR count). The van der Waals surface area contributed by atoms with Gasteiger partial charge in [0.1, 0.15) is 16.4 Å². The lowest BCUT2D eigenvalue weighted by molar-refractivity contribution is -0.384. The van der Waals surface area contributed by atoms with Crippen LogP contribution in [0.2, 0.25) is 5.02 Å². The topological polar surface area (TPSA) is 122 Å². The van der Waals surface area contributed by atoms with Gasteiger partial charge < -0.3 is 15.2 Å². The van der Waals surface area contributed by atoms with E-state index in [4.69, 9.17) is 26.8 Å². The van der Waals surface area contributed by atoms with Gasteiger partial charge >= 0.3 is 5.97 Å². The molecular weight excluding hydrogens is 448 g/mol. The summed E-state index contributed by atoms with van der Waals surface area (Å²) in [4.78, 5) is 37.1. The minimum Gasteiger partial charge on any atom is -0.462 e. The van der Waals surface area contributed by atoms with Gasteiger partial charge in [-0.25, -0.2) is 4.79 Å². The number of Topliss-reactive ketones (excluding diaryl/α,β-unsaturated/α-hetero) is 1. The number of nitrogens with two attached hydrogens (primary N) is 1. The molecule has 0 bridgehead atoms. The first kappa shape index (κ1) is 22.5. The summed E-state index contributed by atoms with van der Waals surface area (Å²) in [6.07, 6.45) is 0.600. The molecule has 0 fully saturated rings. The van der Waals surface area contributed by atoms with Crippen LogP contribution in [0.1, 0.15) is 42.7 Å². The van der Waals surface area contributed by atoms with Crippen molar-refractivity contribution in [2.75, 3.05) is 6.61 Å². The van der Waals surface area contributed by atoms with Gasteiger partial charge in [-0.15, -0.1) is 0 Å². The standard InChI is InChI=1S/C24H21ClN2O6/c1-2-32-24(29)22-20(14-8-9-16(25)17(10-14)27(30)31)21-18(28)11-15(12-19(21)33-23(22)26)13-6-4-3-5-7-13/h3-10,15,20H,2,11-12,26H2,1H3. The van der Waals surface area contributed by atoms with Gasteiger partial charge in [0.2, 0.25) is 5.88 Å². The Hall–Kier alpha value is -3.65. The average Bonchev–Trinajstić information content (AvgIpc) is 2.79. The lowest BCUT2D eigenvalue weighted by Crippen LogP contribution is -2.33. The van der Waals surface area contributed by atoms with Crippen LogP contribution in [-0.2, 0) is 19.1 Å². The summed E-state index contributed by atoms with van der Waals surface area (Å²) in [5.74, 6) is -1.88. The van der Waals surface area contributed by atoms with Gasteiger partial charge in [0.15, 0.2) is 5.78 Å². The molecule has 2 N–H and O–H groups in total. The van der Waals surface area contributed by atoms with Crippen molar-refractivity contribution in [3.63, 3.8) is 0 Å². The van der Waals surface area contributed by atoms with E-state index in [1.807, 2.05) is 30.3 Å². The van der Waals surface area contributed by atoms with Gasteiger partial charge in [0.25, 0.3) is 5.69 Å². The smallest absolute Gasteiger partial charge is 0.340 e. The van der Waals surface area contributed by atoms with E-state index in [1.54, 1.807) is 13.0 Å². The maximum atomic E-state index is 13.4. The Balaban J connectivity index is 1.85. The van der Waals surface area contributed by atoms with Crippen LogP contribution in [0.3, 0.4) is 0 Å². The monoisotopic (exact) mass is 468 g/mol. The van der Waals surface area contributed by atoms with Gasteiger partial charge in [-0.2, -0.15) is 0 Å². The molecule has 2 unspecified atom stereocenters. The predicted octanol–water partition coefficient (Wildman–Crippen LogP) is 4.50. The van der Waals surface area contributed by atoms with Crippen LogP contribution in [-0.4, -0.2) is 23.3 Å². The Morgan fingerprint density at radius 1 is 1.21 bits per heavy atom. The average molecular weight is 469 g/mol. The van der Waals surface area contributed by atoms with Crippen LogP contribution >= 0.6 is 11.6 Å². The van der Waals surface area contributed by atoms with Crippen LogP contribution in [0.25, 0.3) is 0 Å². The third-order valence-corrected chi connectivity index (χ3v) is 6.13. The number of hydrogen-bond acceptors (Lipinski definition) is 7. The Kier molecular flexibility index (Phi) is 6.20. The Morgan fingerprint density at radius 3 is 2.61 bits per heavy atom. The Labute approximate surface area is 194 Å². The fraction of sp³-hybridized carbons (Fsp3) is 0.250. The summed E-state index contributed by atoms with van der Waals surface area (Å²) in [5, 5.41) is 11.4. The first-order valence-corrected chi connectivity index (χ1v) is 10.8. The van der Waals surface area contributed by atoms with Crippen molar-refractivity contribution in [3.05, 3.63) is 97.6 Å². The molecule has 0 saturated heterocycles. The van der Waals surface area contributed by atoms with Gasteiger partial charge in [0, 0.05) is 24.5 Å². The molecular formula is C24H21ClN2O6. The zero-order chi connectivity index (χ0) is 23.7. The van der Waals surface area contributed by atoms with E-state index in [2.05, 4.69) is 0 Å². The van der Waals surface area contributed by atoms with Crippen LogP contribution < -0.4 is 5.73 Å². The second kappa shape index (κ2) is 9.07. The molecule has 0 radical (unpaired) electrons. The molecule has 170 valence electrons. The molecule has 2 atom stereocenters. The highest BCUT2D eigenvalue weighted by Crippen LogP contribution is 2.48. The Bertz CT molecular complexity index is 1200. The van der Waals surface area contributed by atoms with Gasteiger partial charge in [-0.3, -0.25) is 14.9 Å². The number of hydrogen-bond donors (Lipinski definition) is 1. The SMILES string of the molecule is CCOC(=O)C1=C(N)OC2=C(C(=O)CC(c3ccccc3)C2)C1c1ccc(Cl)c([N+](=O)[O-])c1. The second-order valence-electron chi connectivity index (χ2n) is 7.78. The summed E-state index contributed by atoms with van der Waals surface area (Å²) in [7, 11) is 0. The van der Waals surface area contributed by atoms with Crippen molar-refractivity contribution in [2.45, 2.75) is 31.6 Å². The van der Waals surface area contributed by atoms with E-state index in [1.165, 1.54) is 12.1 Å². The fourth-order valence-electron chi connectivity index (χ4n) is 4.36. The first-order valence-electron chi connectivity index (χ1n) is 10.4. The third-order valence-electron chi connectivity index (χ3n) is 5.81. The van der Waals surface area contributed by atoms with E-state index in [9.17, 15) is 19.7 Å². The quantitative estimate of drug-likeness (QED) is 0.389. The summed E-state index contributed by atoms with van der Waals surface area (Å²) < 4.78 is 11.0. The normalized spacial score (nSPS) is 20.2. The van der Waals surface area contributed by atoms with Crippen LogP contribution in [0, 0.1) is 10.1 Å². The lowest BCUT2D eigenvalue weighted by Gasteiger charge is -2.35. The van der Waals surface area contributed by atoms with E-state index in [0.29, 0.717) is 17.7 Å². The molecule has 2 aromatic rings. The molecule has 1 aliphatic heterocycles. The molecule has 0 amide bonds. The summed E-state index contributed by atoms with van der Waals surface area (Å²) in [5.41, 5.74) is 7.34. The second-order valence-corrected chi connectivity index (χ2v) is 8.18. The van der Waals surface area contributed by atoms with Gasteiger partial charge in [0.05, 0.1) is 17.4 Å². The van der Waals surface area contributed by atoms with E-state index in [-0.39, 0.29) is 52.5 Å². The molecule has 33 heavy (non-hydrogen) atoms. The number of carbonyl (C=O) groups is 2. The number of benzene rings is 2. The summed E-state index contributed by atoms with van der Waals surface area (Å²) in [6, 6.07) is 13.7. The van der Waals surface area contributed by atoms with Crippen molar-refractivity contribution in [3.8, 4) is 0 Å². The van der Waals surface area contributed by atoms with E-state index >= 15 is 0 Å². The van der Waals surface area contributed by atoms with E-state index in [0.717, 1.165) is 5.56 Å². The van der Waals surface area contributed by atoms with Crippen molar-refractivity contribution >= 4 is 29.0 Å². The highest BCUT2D eigenvalue weighted by molar-refractivity contribution is 6.32. The number of nitro groups is 1. The maximum absolute atomic E-state index is 13.4. The summed E-state index contributed by atoms with van der Waals surface area (Å²) >= 11 is 5.99. The minimum atomic E-state index is -0.965. The number of halogens is 1. The molecule has 9 heteroatoms. The van der Waals surface area contributed by atoms with Crippen LogP contribution in [0.5, 0.6) is 0 Å². The number of ketones is 1. The van der Waals surface area contributed by atoms with Crippen molar-refractivity contribution in [2.24, 2.45) is 5.73 Å². The van der Waals surface area contributed by atoms with Crippen molar-refractivity contribution in [1.29, 1.82) is 0 Å². The maximum Gasteiger partial charge on any atom is 0.340 e. The number of allylic oxidation sites excluding steroid dienone is 2. The minimum absolute atomic E-state index is 0.0567. The van der Waals surface area contributed by atoms with Gasteiger partial charge in [-0.1, -0.05) is 48.0 Å². The fourth-order valence-corrected chi connectivity index (χ4v) is 4.55. The highest BCUT2D eigenvalue weighted by Gasteiger charge is 2.43. The largest absolute Gasteiger partial charge is 0.462 e. The highest BCUT2D eigenvalue weighted by atomic mass is 35.5. The third kappa shape index (κ3) is 4.21. The van der Waals surface area contributed by atoms with Gasteiger partial charge in [-0.05, 0) is 30.0 Å². The molecule has 0 spiro atoms. The molecule has 1 heterocycles. The molecule has 8 nitrogen and oxygen atoms in total. The zero-order valence-corrected chi connectivity index (χ0v) is 18.5. The first-order chi connectivity index (χ1) is 15.8. The molecule has 0 aromatic heterocycles. The number of ether oxygens (including phenoxy) is 2. The van der Waals surface area contributed by atoms with E-state index < -0.39 is 16.8 Å². The number of esters is 1. The zero-order valence-electron chi connectivity index (χ0n) is 17.7. The number of nitro benzene ring substituents is 1. The predicted molar refractivity (Wildman–Crippen MR) is 120 cm³/mol.